The minimum absolute atomic E-state index is 0.335. The molecule has 1 aromatic rings. The van der Waals surface area contributed by atoms with E-state index in [1.165, 1.54) is 7.11 Å². The van der Waals surface area contributed by atoms with Gasteiger partial charge in [-0.3, -0.25) is 0 Å². The van der Waals surface area contributed by atoms with Crippen LogP contribution in [-0.2, 0) is 5.60 Å². The fraction of sp³-hybridized carbons (Fsp3) is 0.500. The third-order valence-electron chi connectivity index (χ3n) is 2.59. The molecule has 1 aliphatic rings. The molecule has 0 saturated carbocycles. The first-order chi connectivity index (χ1) is 7.95. The van der Waals surface area contributed by atoms with Crippen molar-refractivity contribution in [1.29, 1.82) is 0 Å². The Bertz CT molecular complexity index is 437. The lowest BCUT2D eigenvalue weighted by atomic mass is 9.96. The summed E-state index contributed by atoms with van der Waals surface area (Å²) in [5.74, 6) is 1.44. The smallest absolute Gasteiger partial charge is 0.183 e. The van der Waals surface area contributed by atoms with Crippen LogP contribution in [0.25, 0.3) is 0 Å². The number of hydrogen-bond acceptors (Lipinski definition) is 4. The Morgan fingerprint density at radius 3 is 2.59 bits per heavy atom. The maximum Gasteiger partial charge on any atom is 0.183 e. The molecule has 0 atom stereocenters. The normalized spacial score (nSPS) is 14.6. The first kappa shape index (κ1) is 12.3. The highest BCUT2D eigenvalue weighted by Crippen LogP contribution is 2.48. The van der Waals surface area contributed by atoms with E-state index >= 15 is 0 Å². The molecule has 0 unspecified atom stereocenters. The van der Waals surface area contributed by atoms with Gasteiger partial charge in [0.1, 0.15) is 24.0 Å². The molecule has 1 N–H and O–H groups in total. The zero-order valence-corrected chi connectivity index (χ0v) is 10.8. The largest absolute Gasteiger partial charge is 0.495 e. The maximum absolute atomic E-state index is 10.1. The van der Waals surface area contributed by atoms with E-state index in [-0.39, 0.29) is 0 Å². The van der Waals surface area contributed by atoms with E-state index in [4.69, 9.17) is 25.8 Å². The quantitative estimate of drug-likeness (QED) is 0.885. The van der Waals surface area contributed by atoms with Gasteiger partial charge in [0, 0.05) is 5.56 Å². The predicted octanol–water partition coefficient (Wildman–Crippen LogP) is 2.35. The van der Waals surface area contributed by atoms with Crippen LogP contribution in [0.4, 0.5) is 0 Å². The van der Waals surface area contributed by atoms with Crippen LogP contribution in [0.3, 0.4) is 0 Å². The lowest BCUT2D eigenvalue weighted by Gasteiger charge is -2.26. The molecule has 4 nitrogen and oxygen atoms in total. The molecule has 1 aromatic carbocycles. The van der Waals surface area contributed by atoms with Gasteiger partial charge in [-0.25, -0.2) is 0 Å². The van der Waals surface area contributed by atoms with E-state index in [1.54, 1.807) is 19.9 Å². The van der Waals surface area contributed by atoms with E-state index in [1.807, 2.05) is 0 Å². The Morgan fingerprint density at radius 2 is 2.00 bits per heavy atom. The molecule has 0 radical (unpaired) electrons. The van der Waals surface area contributed by atoms with Crippen molar-refractivity contribution in [3.63, 3.8) is 0 Å². The summed E-state index contributed by atoms with van der Waals surface area (Å²) in [6, 6.07) is 1.71. The first-order valence-electron chi connectivity index (χ1n) is 5.34. The topological polar surface area (TPSA) is 47.9 Å². The summed E-state index contributed by atoms with van der Waals surface area (Å²) >= 11 is 6.20. The third-order valence-corrected chi connectivity index (χ3v) is 2.94. The minimum atomic E-state index is -1.06. The second-order valence-corrected chi connectivity index (χ2v) is 4.73. The molecule has 0 fully saturated rings. The summed E-state index contributed by atoms with van der Waals surface area (Å²) in [5, 5.41) is 10.4. The fourth-order valence-electron chi connectivity index (χ4n) is 1.78. The number of fused-ring (bicyclic) bond motifs is 1. The molecule has 1 heterocycles. The Labute approximate surface area is 105 Å². The molecule has 5 heteroatoms. The Kier molecular flexibility index (Phi) is 3.10. The van der Waals surface area contributed by atoms with Gasteiger partial charge in [0.25, 0.3) is 0 Å². The molecule has 1 aliphatic heterocycles. The molecule has 94 valence electrons. The van der Waals surface area contributed by atoms with Gasteiger partial charge in [0.15, 0.2) is 11.5 Å². The van der Waals surface area contributed by atoms with Crippen molar-refractivity contribution in [3.05, 3.63) is 16.7 Å². The van der Waals surface area contributed by atoms with Gasteiger partial charge in [0.05, 0.1) is 12.7 Å². The van der Waals surface area contributed by atoms with E-state index in [2.05, 4.69) is 0 Å². The van der Waals surface area contributed by atoms with E-state index in [0.717, 1.165) is 0 Å². The van der Waals surface area contributed by atoms with Gasteiger partial charge >= 0.3 is 0 Å². The van der Waals surface area contributed by atoms with Crippen LogP contribution < -0.4 is 14.2 Å². The minimum Gasteiger partial charge on any atom is -0.495 e. The van der Waals surface area contributed by atoms with Gasteiger partial charge in [-0.05, 0) is 19.9 Å². The van der Waals surface area contributed by atoms with Crippen LogP contribution in [0.1, 0.15) is 19.4 Å². The highest BCUT2D eigenvalue weighted by Gasteiger charge is 2.29. The molecule has 0 aromatic heterocycles. The summed E-state index contributed by atoms with van der Waals surface area (Å²) < 4.78 is 16.2. The van der Waals surface area contributed by atoms with Crippen molar-refractivity contribution in [1.82, 2.24) is 0 Å². The lowest BCUT2D eigenvalue weighted by Crippen LogP contribution is -2.20. The Hall–Kier alpha value is -1.13. The molecular weight excluding hydrogens is 244 g/mol. The summed E-state index contributed by atoms with van der Waals surface area (Å²) in [4.78, 5) is 0. The number of benzene rings is 1. The summed E-state index contributed by atoms with van der Waals surface area (Å²) in [7, 11) is 1.51. The molecule has 0 amide bonds. The number of hydrogen-bond donors (Lipinski definition) is 1. The molecule has 17 heavy (non-hydrogen) atoms. The summed E-state index contributed by atoms with van der Waals surface area (Å²) in [6.45, 7) is 4.26. The number of rotatable bonds is 2. The van der Waals surface area contributed by atoms with Crippen LogP contribution in [0.15, 0.2) is 6.07 Å². The van der Waals surface area contributed by atoms with Crippen LogP contribution in [0.2, 0.25) is 5.02 Å². The second-order valence-electron chi connectivity index (χ2n) is 4.35. The molecule has 0 aliphatic carbocycles. The first-order valence-corrected chi connectivity index (χ1v) is 5.72. The number of methoxy groups -OCH3 is 1. The lowest BCUT2D eigenvalue weighted by molar-refractivity contribution is 0.0745. The molecule has 2 rings (SSSR count). The number of ether oxygens (including phenoxy) is 3. The molecule has 0 bridgehead atoms. The molecular formula is C12H15ClO4. The van der Waals surface area contributed by atoms with Crippen molar-refractivity contribution >= 4 is 11.6 Å². The highest BCUT2D eigenvalue weighted by molar-refractivity contribution is 6.34. The van der Waals surface area contributed by atoms with Gasteiger partial charge in [-0.2, -0.15) is 0 Å². The van der Waals surface area contributed by atoms with Gasteiger partial charge in [0.2, 0.25) is 0 Å². The van der Waals surface area contributed by atoms with Crippen LogP contribution in [0, 0.1) is 0 Å². The van der Waals surface area contributed by atoms with Crippen LogP contribution >= 0.6 is 11.6 Å². The number of halogens is 1. The number of aliphatic hydroxyl groups is 1. The van der Waals surface area contributed by atoms with Gasteiger partial charge in [-0.1, -0.05) is 11.6 Å². The van der Waals surface area contributed by atoms with Crippen LogP contribution in [-0.4, -0.2) is 25.4 Å². The maximum atomic E-state index is 10.1. The zero-order valence-electron chi connectivity index (χ0n) is 10.0. The third kappa shape index (κ3) is 2.15. The van der Waals surface area contributed by atoms with Crippen molar-refractivity contribution in [2.24, 2.45) is 0 Å². The van der Waals surface area contributed by atoms with Crippen molar-refractivity contribution < 1.29 is 19.3 Å². The second kappa shape index (κ2) is 4.27. The Balaban J connectivity index is 2.64. The highest BCUT2D eigenvalue weighted by atomic mass is 35.5. The fourth-order valence-corrected chi connectivity index (χ4v) is 2.11. The summed E-state index contributed by atoms with van der Waals surface area (Å²) in [6.07, 6.45) is 0. The predicted molar refractivity (Wildman–Crippen MR) is 64.2 cm³/mol. The average Bonchev–Trinajstić information content (AvgIpc) is 2.28. The SMILES string of the molecule is COc1c(C(C)(C)O)cc2c(c1Cl)OCCO2. The summed E-state index contributed by atoms with van der Waals surface area (Å²) in [5.41, 5.74) is -0.487. The monoisotopic (exact) mass is 258 g/mol. The van der Waals surface area contributed by atoms with Gasteiger partial charge in [-0.15, -0.1) is 0 Å². The Morgan fingerprint density at radius 1 is 1.35 bits per heavy atom. The van der Waals surface area contributed by atoms with Crippen molar-refractivity contribution in [3.8, 4) is 17.2 Å². The average molecular weight is 259 g/mol. The van der Waals surface area contributed by atoms with E-state index in [9.17, 15) is 5.11 Å². The van der Waals surface area contributed by atoms with E-state index in [0.29, 0.717) is 41.0 Å². The zero-order chi connectivity index (χ0) is 12.6. The van der Waals surface area contributed by atoms with Crippen molar-refractivity contribution in [2.75, 3.05) is 20.3 Å². The molecule has 0 saturated heterocycles. The van der Waals surface area contributed by atoms with Crippen molar-refractivity contribution in [2.45, 2.75) is 19.4 Å². The standard InChI is InChI=1S/C12H15ClO4/c1-12(2,14)7-6-8-11(17-5-4-16-8)9(13)10(7)15-3/h6,14H,4-5H2,1-3H3. The molecule has 0 spiro atoms. The van der Waals surface area contributed by atoms with Gasteiger partial charge < -0.3 is 19.3 Å². The van der Waals surface area contributed by atoms with Crippen LogP contribution in [0.5, 0.6) is 17.2 Å². The van der Waals surface area contributed by atoms with E-state index < -0.39 is 5.60 Å².